The lowest BCUT2D eigenvalue weighted by atomic mass is 10.1. The average Bonchev–Trinajstić information content (AvgIpc) is 1.81. The summed E-state index contributed by atoms with van der Waals surface area (Å²) in [7, 11) is 0. The van der Waals surface area contributed by atoms with Crippen molar-refractivity contribution in [2.45, 2.75) is 18.2 Å². The van der Waals surface area contributed by atoms with E-state index in [0.29, 0.717) is 11.4 Å². The van der Waals surface area contributed by atoms with Crippen molar-refractivity contribution in [3.05, 3.63) is 28.8 Å². The summed E-state index contributed by atoms with van der Waals surface area (Å²) in [5, 5.41) is 0.624. The van der Waals surface area contributed by atoms with Crippen LogP contribution in [0.4, 0.5) is 0 Å². The molecule has 0 unspecified atom stereocenters. The van der Waals surface area contributed by atoms with E-state index in [2.05, 4.69) is 12.6 Å². The van der Waals surface area contributed by atoms with E-state index in [-0.39, 0.29) is 5.78 Å². The summed E-state index contributed by atoms with van der Waals surface area (Å²) >= 11 is 9.92. The van der Waals surface area contributed by atoms with Crippen LogP contribution in [-0.4, -0.2) is 5.78 Å². The molecule has 1 aromatic rings. The van der Waals surface area contributed by atoms with Crippen LogP contribution in [0.3, 0.4) is 0 Å². The van der Waals surface area contributed by atoms with Gasteiger partial charge in [-0.05, 0) is 30.7 Å². The summed E-state index contributed by atoms with van der Waals surface area (Å²) in [4.78, 5) is 11.6. The second-order valence-electron chi connectivity index (χ2n) is 2.70. The number of carbonyl (C=O) groups excluding carboxylic acids is 1. The van der Waals surface area contributed by atoms with Gasteiger partial charge in [0.25, 0.3) is 0 Å². The van der Waals surface area contributed by atoms with Crippen molar-refractivity contribution in [3.8, 4) is 0 Å². The standard InChI is InChI=1S/C9H9ClOS/c1-6(11)2-7-3-8(10)5-9(12)4-7/h3-5,12H,2H2,1H3. The van der Waals surface area contributed by atoms with Crippen LogP contribution in [0.15, 0.2) is 23.1 Å². The molecule has 0 aliphatic rings. The molecule has 0 aromatic heterocycles. The first-order valence-electron chi connectivity index (χ1n) is 3.56. The largest absolute Gasteiger partial charge is 0.300 e. The number of carbonyl (C=O) groups is 1. The summed E-state index contributed by atoms with van der Waals surface area (Å²) in [6.45, 7) is 1.55. The van der Waals surface area contributed by atoms with Gasteiger partial charge in [-0.1, -0.05) is 11.6 Å². The molecule has 0 saturated carbocycles. The normalized spacial score (nSPS) is 9.92. The van der Waals surface area contributed by atoms with E-state index >= 15 is 0 Å². The molecule has 0 spiro atoms. The Morgan fingerprint density at radius 1 is 1.50 bits per heavy atom. The number of hydrogen-bond donors (Lipinski definition) is 1. The first-order chi connectivity index (χ1) is 5.58. The highest BCUT2D eigenvalue weighted by atomic mass is 35.5. The third-order valence-corrected chi connectivity index (χ3v) is 1.87. The van der Waals surface area contributed by atoms with Gasteiger partial charge in [-0.3, -0.25) is 4.79 Å². The fourth-order valence-electron chi connectivity index (χ4n) is 1.02. The van der Waals surface area contributed by atoms with Gasteiger partial charge in [0.05, 0.1) is 0 Å². The summed E-state index contributed by atoms with van der Waals surface area (Å²) in [6, 6.07) is 5.37. The van der Waals surface area contributed by atoms with E-state index in [1.54, 1.807) is 19.1 Å². The summed E-state index contributed by atoms with van der Waals surface area (Å²) in [5.74, 6) is 0.130. The Balaban J connectivity index is 2.93. The topological polar surface area (TPSA) is 17.1 Å². The monoisotopic (exact) mass is 200 g/mol. The van der Waals surface area contributed by atoms with Gasteiger partial charge in [0, 0.05) is 16.3 Å². The number of thiol groups is 1. The molecular weight excluding hydrogens is 192 g/mol. The summed E-state index contributed by atoms with van der Waals surface area (Å²) in [5.41, 5.74) is 0.917. The van der Waals surface area contributed by atoms with Crippen LogP contribution in [0.2, 0.25) is 5.02 Å². The molecule has 0 heterocycles. The quantitative estimate of drug-likeness (QED) is 0.727. The van der Waals surface area contributed by atoms with Gasteiger partial charge >= 0.3 is 0 Å². The van der Waals surface area contributed by atoms with Crippen molar-refractivity contribution < 1.29 is 4.79 Å². The number of benzene rings is 1. The van der Waals surface area contributed by atoms with E-state index in [1.807, 2.05) is 6.07 Å². The average molecular weight is 201 g/mol. The molecule has 12 heavy (non-hydrogen) atoms. The first-order valence-corrected chi connectivity index (χ1v) is 4.38. The molecule has 0 N–H and O–H groups in total. The molecule has 3 heteroatoms. The molecule has 1 nitrogen and oxygen atoms in total. The molecule has 0 amide bonds. The van der Waals surface area contributed by atoms with E-state index in [1.165, 1.54) is 0 Å². The van der Waals surface area contributed by atoms with Crippen LogP contribution in [0, 0.1) is 0 Å². The van der Waals surface area contributed by atoms with Gasteiger partial charge in [-0.25, -0.2) is 0 Å². The molecule has 0 bridgehead atoms. The van der Waals surface area contributed by atoms with Gasteiger partial charge in [0.15, 0.2) is 0 Å². The van der Waals surface area contributed by atoms with Crippen LogP contribution in [-0.2, 0) is 11.2 Å². The Hall–Kier alpha value is -0.470. The van der Waals surface area contributed by atoms with E-state index in [0.717, 1.165) is 10.5 Å². The van der Waals surface area contributed by atoms with Crippen LogP contribution in [0.1, 0.15) is 12.5 Å². The van der Waals surface area contributed by atoms with Crippen molar-refractivity contribution in [2.75, 3.05) is 0 Å². The molecule has 0 saturated heterocycles. The van der Waals surface area contributed by atoms with Crippen LogP contribution < -0.4 is 0 Å². The zero-order valence-electron chi connectivity index (χ0n) is 6.67. The molecule has 0 fully saturated rings. The maximum atomic E-state index is 10.8. The predicted octanol–water partition coefficient (Wildman–Crippen LogP) is 2.76. The maximum absolute atomic E-state index is 10.8. The Bertz CT molecular complexity index is 289. The van der Waals surface area contributed by atoms with Crippen LogP contribution >= 0.6 is 24.2 Å². The van der Waals surface area contributed by atoms with Gasteiger partial charge in [0.2, 0.25) is 0 Å². The van der Waals surface area contributed by atoms with Crippen molar-refractivity contribution in [1.29, 1.82) is 0 Å². The molecule has 0 atom stereocenters. The molecule has 64 valence electrons. The first kappa shape index (κ1) is 9.62. The minimum absolute atomic E-state index is 0.130. The number of halogens is 1. The highest BCUT2D eigenvalue weighted by Crippen LogP contribution is 2.18. The van der Waals surface area contributed by atoms with Gasteiger partial charge < -0.3 is 0 Å². The Morgan fingerprint density at radius 3 is 2.67 bits per heavy atom. The SMILES string of the molecule is CC(=O)Cc1cc(S)cc(Cl)c1. The lowest BCUT2D eigenvalue weighted by Crippen LogP contribution is -1.95. The number of rotatable bonds is 2. The number of hydrogen-bond acceptors (Lipinski definition) is 2. The van der Waals surface area contributed by atoms with Crippen molar-refractivity contribution in [3.63, 3.8) is 0 Å². The van der Waals surface area contributed by atoms with Crippen LogP contribution in [0.25, 0.3) is 0 Å². The molecule has 0 aliphatic heterocycles. The van der Waals surface area contributed by atoms with Crippen molar-refractivity contribution in [1.82, 2.24) is 0 Å². The van der Waals surface area contributed by atoms with Gasteiger partial charge in [-0.15, -0.1) is 12.6 Å². The smallest absolute Gasteiger partial charge is 0.134 e. The van der Waals surface area contributed by atoms with Gasteiger partial charge in [-0.2, -0.15) is 0 Å². The molecule has 1 aromatic carbocycles. The zero-order chi connectivity index (χ0) is 9.14. The number of ketones is 1. The van der Waals surface area contributed by atoms with E-state index < -0.39 is 0 Å². The van der Waals surface area contributed by atoms with E-state index in [9.17, 15) is 4.79 Å². The highest BCUT2D eigenvalue weighted by Gasteiger charge is 1.99. The minimum Gasteiger partial charge on any atom is -0.300 e. The second-order valence-corrected chi connectivity index (χ2v) is 3.65. The maximum Gasteiger partial charge on any atom is 0.134 e. The summed E-state index contributed by atoms with van der Waals surface area (Å²) < 4.78 is 0. The minimum atomic E-state index is 0.130. The summed E-state index contributed by atoms with van der Waals surface area (Å²) in [6.07, 6.45) is 0.425. The fourth-order valence-corrected chi connectivity index (χ4v) is 1.66. The Labute approximate surface area is 82.1 Å². The third kappa shape index (κ3) is 2.88. The second kappa shape index (κ2) is 3.97. The predicted molar refractivity (Wildman–Crippen MR) is 53.1 cm³/mol. The van der Waals surface area contributed by atoms with Crippen molar-refractivity contribution in [2.24, 2.45) is 0 Å². The van der Waals surface area contributed by atoms with E-state index in [4.69, 9.17) is 11.6 Å². The fraction of sp³-hybridized carbons (Fsp3) is 0.222. The molecule has 0 aliphatic carbocycles. The lowest BCUT2D eigenvalue weighted by molar-refractivity contribution is -0.116. The van der Waals surface area contributed by atoms with Crippen molar-refractivity contribution >= 4 is 30.0 Å². The lowest BCUT2D eigenvalue weighted by Gasteiger charge is -2.00. The van der Waals surface area contributed by atoms with Gasteiger partial charge in [0.1, 0.15) is 5.78 Å². The molecular formula is C9H9ClOS. The highest BCUT2D eigenvalue weighted by molar-refractivity contribution is 7.80. The Morgan fingerprint density at radius 2 is 2.17 bits per heavy atom. The zero-order valence-corrected chi connectivity index (χ0v) is 8.32. The number of Topliss-reactive ketones (excluding diaryl/α,β-unsaturated/α-hetero) is 1. The molecule has 0 radical (unpaired) electrons. The Kier molecular flexibility index (Phi) is 3.18. The third-order valence-electron chi connectivity index (χ3n) is 1.40. The van der Waals surface area contributed by atoms with Crippen LogP contribution in [0.5, 0.6) is 0 Å². The molecule has 1 rings (SSSR count).